The zero-order chi connectivity index (χ0) is 24.1. The van der Waals surface area contributed by atoms with E-state index < -0.39 is 0 Å². The maximum Gasteiger partial charge on any atom is 0.123 e. The van der Waals surface area contributed by atoms with Crippen molar-refractivity contribution in [3.8, 4) is 11.5 Å². The Bertz CT molecular complexity index is 543. The predicted octanol–water partition coefficient (Wildman–Crippen LogP) is 9.71. The molecule has 0 amide bonds. The fraction of sp³-hybridized carbons (Fsp3) is 0.643. The van der Waals surface area contributed by atoms with E-state index in [0.717, 1.165) is 37.7 Å². The van der Waals surface area contributed by atoms with Gasteiger partial charge in [-0.2, -0.15) is 0 Å². The minimum absolute atomic E-state index is 0.161. The standard InChI is InChI=1S/C18H26O2.C4H8.3C2H6/c1-3-4-5-8-14-11-16(19)18(17(20)12-14)15-9-6-7-13(2)10-15;1-4(2)3;3*1-2/h10-12,15,19-20H,3-9H2,1-2H3;1H2,2-3H3;3*1-2H3. The normalized spacial score (nSPS) is 14.1. The van der Waals surface area contributed by atoms with E-state index in [0.29, 0.717) is 5.56 Å². The van der Waals surface area contributed by atoms with E-state index in [1.807, 2.05) is 67.5 Å². The number of allylic oxidation sites excluding steroid dienone is 3. The van der Waals surface area contributed by atoms with Crippen LogP contribution in [0.15, 0.2) is 35.9 Å². The van der Waals surface area contributed by atoms with Crippen molar-refractivity contribution in [1.82, 2.24) is 0 Å². The molecule has 2 heteroatoms. The number of phenols is 2. The smallest absolute Gasteiger partial charge is 0.123 e. The zero-order valence-corrected chi connectivity index (χ0v) is 21.9. The molecule has 0 heterocycles. The molecule has 2 nitrogen and oxygen atoms in total. The number of benzene rings is 1. The van der Waals surface area contributed by atoms with Gasteiger partial charge in [0.1, 0.15) is 11.5 Å². The third-order valence-electron chi connectivity index (χ3n) is 4.21. The molecule has 0 aromatic heterocycles. The average molecular weight is 421 g/mol. The lowest BCUT2D eigenvalue weighted by Crippen LogP contribution is -2.03. The molecule has 1 aliphatic carbocycles. The first-order valence-electron chi connectivity index (χ1n) is 12.2. The lowest BCUT2D eigenvalue weighted by Gasteiger charge is -2.22. The van der Waals surface area contributed by atoms with Crippen molar-refractivity contribution in [2.24, 2.45) is 0 Å². The molecule has 1 aromatic carbocycles. The van der Waals surface area contributed by atoms with E-state index in [9.17, 15) is 10.2 Å². The van der Waals surface area contributed by atoms with E-state index in [4.69, 9.17) is 0 Å². The summed E-state index contributed by atoms with van der Waals surface area (Å²) < 4.78 is 0. The highest BCUT2D eigenvalue weighted by atomic mass is 16.3. The van der Waals surface area contributed by atoms with Crippen LogP contribution in [0.3, 0.4) is 0 Å². The maximum atomic E-state index is 10.3. The Labute approximate surface area is 189 Å². The Kier molecular flexibility index (Phi) is 24.2. The number of aryl methyl sites for hydroxylation is 1. The first kappa shape index (κ1) is 33.0. The van der Waals surface area contributed by atoms with Gasteiger partial charge in [-0.15, -0.1) is 6.58 Å². The number of aromatic hydroxyl groups is 2. The second-order valence-corrected chi connectivity index (χ2v) is 7.22. The van der Waals surface area contributed by atoms with Crippen molar-refractivity contribution < 1.29 is 10.2 Å². The summed E-state index contributed by atoms with van der Waals surface area (Å²) in [5, 5.41) is 20.6. The highest BCUT2D eigenvalue weighted by Gasteiger charge is 2.21. The molecule has 1 atom stereocenters. The van der Waals surface area contributed by atoms with Gasteiger partial charge in [-0.25, -0.2) is 0 Å². The second-order valence-electron chi connectivity index (χ2n) is 7.22. The van der Waals surface area contributed by atoms with Gasteiger partial charge in [0.05, 0.1) is 0 Å². The highest BCUT2D eigenvalue weighted by Crippen LogP contribution is 2.41. The first-order chi connectivity index (χ1) is 14.3. The molecule has 0 saturated heterocycles. The van der Waals surface area contributed by atoms with E-state index >= 15 is 0 Å². The van der Waals surface area contributed by atoms with Crippen LogP contribution in [-0.4, -0.2) is 10.2 Å². The average Bonchev–Trinajstić information content (AvgIpc) is 2.72. The fourth-order valence-corrected chi connectivity index (χ4v) is 3.12. The molecule has 2 rings (SSSR count). The molecule has 30 heavy (non-hydrogen) atoms. The Balaban J connectivity index is -0.000000627. The quantitative estimate of drug-likeness (QED) is 0.367. The fourth-order valence-electron chi connectivity index (χ4n) is 3.12. The van der Waals surface area contributed by atoms with Gasteiger partial charge in [0, 0.05) is 11.5 Å². The van der Waals surface area contributed by atoms with E-state index in [1.54, 1.807) is 0 Å². The van der Waals surface area contributed by atoms with Gasteiger partial charge in [0.15, 0.2) is 0 Å². The number of hydrogen-bond donors (Lipinski definition) is 2. The Morgan fingerprint density at radius 3 is 1.83 bits per heavy atom. The van der Waals surface area contributed by atoms with Crippen LogP contribution in [-0.2, 0) is 6.42 Å². The number of unbranched alkanes of at least 4 members (excludes halogenated alkanes) is 2. The molecule has 1 unspecified atom stereocenters. The molecule has 0 fully saturated rings. The minimum Gasteiger partial charge on any atom is -0.507 e. The number of rotatable bonds is 5. The summed E-state index contributed by atoms with van der Waals surface area (Å²) in [5.74, 6) is 0.674. The van der Waals surface area contributed by atoms with E-state index in [2.05, 4.69) is 26.5 Å². The van der Waals surface area contributed by atoms with Gasteiger partial charge in [-0.3, -0.25) is 0 Å². The predicted molar refractivity (Wildman–Crippen MR) is 138 cm³/mol. The molecule has 1 aliphatic rings. The monoisotopic (exact) mass is 420 g/mol. The molecule has 176 valence electrons. The number of phenolic OH excluding ortho intramolecular Hbond substituents is 2. The Hall–Kier alpha value is -1.70. The summed E-state index contributed by atoms with van der Waals surface area (Å²) in [6.07, 6.45) is 9.86. The van der Waals surface area contributed by atoms with Crippen molar-refractivity contribution in [3.63, 3.8) is 0 Å². The lowest BCUT2D eigenvalue weighted by molar-refractivity contribution is 0.427. The third-order valence-corrected chi connectivity index (χ3v) is 4.21. The molecule has 0 aliphatic heterocycles. The molecule has 0 radical (unpaired) electrons. The maximum absolute atomic E-state index is 10.3. The van der Waals surface area contributed by atoms with Crippen LogP contribution in [0.2, 0.25) is 0 Å². The molecule has 1 aromatic rings. The summed E-state index contributed by atoms with van der Waals surface area (Å²) in [7, 11) is 0. The summed E-state index contributed by atoms with van der Waals surface area (Å²) >= 11 is 0. The van der Waals surface area contributed by atoms with Crippen LogP contribution < -0.4 is 0 Å². The van der Waals surface area contributed by atoms with Gasteiger partial charge in [-0.05, 0) is 70.6 Å². The van der Waals surface area contributed by atoms with Crippen LogP contribution in [0, 0.1) is 0 Å². The van der Waals surface area contributed by atoms with E-state index in [1.165, 1.54) is 24.0 Å². The molecule has 0 spiro atoms. The van der Waals surface area contributed by atoms with Crippen LogP contribution in [0.4, 0.5) is 0 Å². The van der Waals surface area contributed by atoms with Crippen molar-refractivity contribution in [3.05, 3.63) is 47.1 Å². The van der Waals surface area contributed by atoms with Gasteiger partial charge in [0.2, 0.25) is 0 Å². The zero-order valence-electron chi connectivity index (χ0n) is 21.9. The largest absolute Gasteiger partial charge is 0.507 e. The molecule has 0 saturated carbocycles. The second kappa shape index (κ2) is 22.0. The van der Waals surface area contributed by atoms with Crippen LogP contribution in [0.1, 0.15) is 125 Å². The first-order valence-corrected chi connectivity index (χ1v) is 12.2. The summed E-state index contributed by atoms with van der Waals surface area (Å²) in [5.41, 5.74) is 4.27. The Morgan fingerprint density at radius 1 is 0.967 bits per heavy atom. The van der Waals surface area contributed by atoms with Crippen molar-refractivity contribution in [2.45, 2.75) is 120 Å². The molecular formula is C28H52O2. The highest BCUT2D eigenvalue weighted by molar-refractivity contribution is 5.50. The van der Waals surface area contributed by atoms with Gasteiger partial charge < -0.3 is 10.2 Å². The Morgan fingerprint density at radius 2 is 1.43 bits per heavy atom. The molecule has 2 N–H and O–H groups in total. The van der Waals surface area contributed by atoms with Crippen molar-refractivity contribution >= 4 is 0 Å². The third kappa shape index (κ3) is 15.2. The molecular weight excluding hydrogens is 368 g/mol. The summed E-state index contributed by atoms with van der Waals surface area (Å²) in [4.78, 5) is 0. The summed E-state index contributed by atoms with van der Waals surface area (Å²) in [6, 6.07) is 3.67. The van der Waals surface area contributed by atoms with Gasteiger partial charge in [0.25, 0.3) is 0 Å². The summed E-state index contributed by atoms with van der Waals surface area (Å²) in [6.45, 7) is 23.8. The van der Waals surface area contributed by atoms with Crippen molar-refractivity contribution in [1.29, 1.82) is 0 Å². The number of hydrogen-bond acceptors (Lipinski definition) is 2. The minimum atomic E-state index is 0.161. The van der Waals surface area contributed by atoms with Gasteiger partial charge >= 0.3 is 0 Å². The lowest BCUT2D eigenvalue weighted by atomic mass is 9.84. The van der Waals surface area contributed by atoms with Crippen LogP contribution in [0.25, 0.3) is 0 Å². The topological polar surface area (TPSA) is 40.5 Å². The van der Waals surface area contributed by atoms with Crippen LogP contribution >= 0.6 is 0 Å². The van der Waals surface area contributed by atoms with Crippen LogP contribution in [0.5, 0.6) is 11.5 Å². The van der Waals surface area contributed by atoms with Crippen molar-refractivity contribution in [2.75, 3.05) is 0 Å². The van der Waals surface area contributed by atoms with E-state index in [-0.39, 0.29) is 17.4 Å². The molecule has 0 bridgehead atoms. The SMILES string of the molecule is C=C(C)C.CC.CC.CC.CCCCCc1cc(O)c(C2C=C(C)CCC2)c(O)c1. The van der Waals surface area contributed by atoms with Gasteiger partial charge in [-0.1, -0.05) is 78.5 Å².